The van der Waals surface area contributed by atoms with E-state index in [1.807, 2.05) is 6.07 Å². The lowest BCUT2D eigenvalue weighted by atomic mass is 10.1. The van der Waals surface area contributed by atoms with Crippen LogP contribution in [0, 0.1) is 0 Å². The van der Waals surface area contributed by atoms with Gasteiger partial charge in [-0.2, -0.15) is 0 Å². The van der Waals surface area contributed by atoms with E-state index in [4.69, 9.17) is 9.47 Å². The van der Waals surface area contributed by atoms with Gasteiger partial charge < -0.3 is 19.7 Å². The van der Waals surface area contributed by atoms with Crippen LogP contribution in [-0.2, 0) is 11.3 Å². The van der Waals surface area contributed by atoms with E-state index < -0.39 is 0 Å². The second kappa shape index (κ2) is 6.07. The van der Waals surface area contributed by atoms with Gasteiger partial charge in [0.25, 0.3) is 0 Å². The Kier molecular flexibility index (Phi) is 4.44. The average Bonchev–Trinajstić information content (AvgIpc) is 2.55. The highest BCUT2D eigenvalue weighted by Gasteiger charge is 2.19. The number of methoxy groups -OCH3 is 2. The van der Waals surface area contributed by atoms with Gasteiger partial charge in [-0.15, -0.1) is 0 Å². The third-order valence-electron chi connectivity index (χ3n) is 3.33. The van der Waals surface area contributed by atoms with E-state index in [-0.39, 0.29) is 0 Å². The summed E-state index contributed by atoms with van der Waals surface area (Å²) in [6, 6.07) is 6.74. The maximum Gasteiger partial charge on any atom is 0.120 e. The maximum atomic E-state index is 5.32. The molecule has 0 saturated carbocycles. The van der Waals surface area contributed by atoms with Gasteiger partial charge in [-0.05, 0) is 18.6 Å². The molecule has 4 nitrogen and oxygen atoms in total. The normalized spacial score (nSPS) is 19.3. The van der Waals surface area contributed by atoms with Crippen molar-refractivity contribution in [2.75, 3.05) is 38.8 Å². The smallest absolute Gasteiger partial charge is 0.120 e. The molecule has 0 bridgehead atoms. The molecule has 1 N–H and O–H groups in total. The molecule has 0 fully saturated rings. The van der Waals surface area contributed by atoms with E-state index in [0.29, 0.717) is 6.04 Å². The Morgan fingerprint density at radius 3 is 2.94 bits per heavy atom. The third-order valence-corrected chi connectivity index (χ3v) is 3.33. The molecule has 0 aliphatic carbocycles. The van der Waals surface area contributed by atoms with E-state index in [2.05, 4.69) is 29.3 Å². The quantitative estimate of drug-likeness (QED) is 0.881. The summed E-state index contributed by atoms with van der Waals surface area (Å²) in [4.78, 5) is 2.37. The first-order valence-electron chi connectivity index (χ1n) is 6.38. The van der Waals surface area contributed by atoms with Crippen molar-refractivity contribution < 1.29 is 9.47 Å². The SMILES string of the molecule is COCCN1CC(C)NCc2ccc(OC)cc21. The van der Waals surface area contributed by atoms with Crippen molar-refractivity contribution in [2.45, 2.75) is 19.5 Å². The summed E-state index contributed by atoms with van der Waals surface area (Å²) in [5.41, 5.74) is 2.57. The van der Waals surface area contributed by atoms with Crippen LogP contribution in [0.1, 0.15) is 12.5 Å². The third kappa shape index (κ3) is 2.94. The zero-order valence-corrected chi connectivity index (χ0v) is 11.4. The molecule has 4 heteroatoms. The molecule has 0 radical (unpaired) electrons. The van der Waals surface area contributed by atoms with Gasteiger partial charge in [-0.25, -0.2) is 0 Å². The van der Waals surface area contributed by atoms with Crippen molar-refractivity contribution in [1.82, 2.24) is 5.32 Å². The molecule has 0 saturated heterocycles. The monoisotopic (exact) mass is 250 g/mol. The fraction of sp³-hybridized carbons (Fsp3) is 0.571. The highest BCUT2D eigenvalue weighted by Crippen LogP contribution is 2.28. The summed E-state index contributed by atoms with van der Waals surface area (Å²) >= 11 is 0. The number of hydrogen-bond donors (Lipinski definition) is 1. The van der Waals surface area contributed by atoms with Crippen LogP contribution in [0.2, 0.25) is 0 Å². The van der Waals surface area contributed by atoms with Crippen molar-refractivity contribution in [3.8, 4) is 5.75 Å². The minimum atomic E-state index is 0.472. The fourth-order valence-electron chi connectivity index (χ4n) is 2.31. The predicted octanol–water partition coefficient (Wildman–Crippen LogP) is 1.64. The van der Waals surface area contributed by atoms with Crippen LogP contribution < -0.4 is 15.0 Å². The van der Waals surface area contributed by atoms with Gasteiger partial charge in [-0.1, -0.05) is 6.07 Å². The van der Waals surface area contributed by atoms with E-state index in [0.717, 1.165) is 32.0 Å². The van der Waals surface area contributed by atoms with Gasteiger partial charge >= 0.3 is 0 Å². The minimum absolute atomic E-state index is 0.472. The van der Waals surface area contributed by atoms with E-state index in [1.54, 1.807) is 14.2 Å². The zero-order chi connectivity index (χ0) is 13.0. The Morgan fingerprint density at radius 2 is 2.22 bits per heavy atom. The molecule has 1 atom stereocenters. The highest BCUT2D eigenvalue weighted by atomic mass is 16.5. The van der Waals surface area contributed by atoms with Crippen LogP contribution in [0.15, 0.2) is 18.2 Å². The molecule has 0 aromatic heterocycles. The number of nitrogens with zero attached hydrogens (tertiary/aromatic N) is 1. The number of benzene rings is 1. The Bertz CT molecular complexity index is 395. The summed E-state index contributed by atoms with van der Waals surface area (Å²) in [5.74, 6) is 0.908. The molecule has 1 unspecified atom stereocenters. The first-order valence-corrected chi connectivity index (χ1v) is 6.38. The fourth-order valence-corrected chi connectivity index (χ4v) is 2.31. The number of anilines is 1. The first-order chi connectivity index (χ1) is 8.74. The van der Waals surface area contributed by atoms with Crippen LogP contribution in [0.25, 0.3) is 0 Å². The van der Waals surface area contributed by atoms with Gasteiger partial charge in [0.1, 0.15) is 5.75 Å². The van der Waals surface area contributed by atoms with Gasteiger partial charge in [0.05, 0.1) is 13.7 Å². The Balaban J connectivity index is 2.28. The van der Waals surface area contributed by atoms with Gasteiger partial charge in [0.2, 0.25) is 0 Å². The Hall–Kier alpha value is -1.26. The Labute approximate surface area is 109 Å². The molecule has 1 aromatic carbocycles. The van der Waals surface area contributed by atoms with Crippen molar-refractivity contribution in [1.29, 1.82) is 0 Å². The molecule has 1 heterocycles. The molecule has 1 aliphatic heterocycles. The van der Waals surface area contributed by atoms with Gasteiger partial charge in [0.15, 0.2) is 0 Å². The van der Waals surface area contributed by atoms with Crippen molar-refractivity contribution >= 4 is 5.69 Å². The standard InChI is InChI=1S/C14H22N2O2/c1-11-10-16(6-7-17-2)14-8-13(18-3)5-4-12(14)9-15-11/h4-5,8,11,15H,6-7,9-10H2,1-3H3. The number of nitrogens with one attached hydrogen (secondary N) is 1. The lowest BCUT2D eigenvalue weighted by molar-refractivity contribution is 0.205. The van der Waals surface area contributed by atoms with Crippen LogP contribution in [0.5, 0.6) is 5.75 Å². The van der Waals surface area contributed by atoms with E-state index in [1.165, 1.54) is 11.3 Å². The summed E-state index contributed by atoms with van der Waals surface area (Å²) in [6.45, 7) is 5.75. The molecule has 1 aliphatic rings. The summed E-state index contributed by atoms with van der Waals surface area (Å²) in [7, 11) is 3.45. The van der Waals surface area contributed by atoms with Crippen LogP contribution in [0.4, 0.5) is 5.69 Å². The molecule has 0 spiro atoms. The first kappa shape index (κ1) is 13.2. The second-order valence-electron chi connectivity index (χ2n) is 4.72. The summed E-state index contributed by atoms with van der Waals surface area (Å²) in [6.07, 6.45) is 0. The summed E-state index contributed by atoms with van der Waals surface area (Å²) < 4.78 is 10.5. The molecule has 1 aromatic rings. The molecular formula is C14H22N2O2. The van der Waals surface area contributed by atoms with E-state index in [9.17, 15) is 0 Å². The molecule has 2 rings (SSSR count). The summed E-state index contributed by atoms with van der Waals surface area (Å²) in [5, 5.41) is 3.52. The molecular weight excluding hydrogens is 228 g/mol. The Morgan fingerprint density at radius 1 is 1.39 bits per heavy atom. The second-order valence-corrected chi connectivity index (χ2v) is 4.72. The number of ether oxygens (including phenoxy) is 2. The van der Waals surface area contributed by atoms with Crippen LogP contribution >= 0.6 is 0 Å². The maximum absolute atomic E-state index is 5.32. The largest absolute Gasteiger partial charge is 0.497 e. The molecule has 18 heavy (non-hydrogen) atoms. The number of fused-ring (bicyclic) bond motifs is 1. The van der Waals surface area contributed by atoms with Crippen molar-refractivity contribution in [3.63, 3.8) is 0 Å². The lowest BCUT2D eigenvalue weighted by Crippen LogP contribution is -2.37. The predicted molar refractivity (Wildman–Crippen MR) is 73.4 cm³/mol. The van der Waals surface area contributed by atoms with Crippen molar-refractivity contribution in [2.24, 2.45) is 0 Å². The number of rotatable bonds is 4. The van der Waals surface area contributed by atoms with E-state index >= 15 is 0 Å². The minimum Gasteiger partial charge on any atom is -0.497 e. The van der Waals surface area contributed by atoms with Crippen LogP contribution in [-0.4, -0.2) is 40.0 Å². The lowest BCUT2D eigenvalue weighted by Gasteiger charge is -2.26. The highest BCUT2D eigenvalue weighted by molar-refractivity contribution is 5.58. The molecule has 0 amide bonds. The molecule has 100 valence electrons. The van der Waals surface area contributed by atoms with Crippen molar-refractivity contribution in [3.05, 3.63) is 23.8 Å². The van der Waals surface area contributed by atoms with Gasteiger partial charge in [0, 0.05) is 44.5 Å². The van der Waals surface area contributed by atoms with Gasteiger partial charge in [-0.3, -0.25) is 0 Å². The average molecular weight is 250 g/mol. The van der Waals surface area contributed by atoms with Crippen LogP contribution in [0.3, 0.4) is 0 Å². The number of hydrogen-bond acceptors (Lipinski definition) is 4. The zero-order valence-electron chi connectivity index (χ0n) is 11.4. The topological polar surface area (TPSA) is 33.7 Å².